The van der Waals surface area contributed by atoms with Crippen molar-refractivity contribution >= 4 is 13.0 Å². The molecule has 0 N–H and O–H groups in total. The summed E-state index contributed by atoms with van der Waals surface area (Å²) in [7, 11) is 1.66. The molecular weight excluding hydrogens is 265 g/mol. The fraction of sp³-hybridized carbons (Fsp3) is 0.812. The summed E-state index contributed by atoms with van der Waals surface area (Å²) in [5.41, 5.74) is 0.470. The van der Waals surface area contributed by atoms with Gasteiger partial charge in [-0.25, -0.2) is 0 Å². The van der Waals surface area contributed by atoms with Crippen LogP contribution in [0, 0.1) is 5.41 Å². The Bertz CT molecular complexity index is 484. The fourth-order valence-corrected chi connectivity index (χ4v) is 3.54. The highest BCUT2D eigenvalue weighted by atomic mass is 16.7. The summed E-state index contributed by atoms with van der Waals surface area (Å²) in [6, 6.07) is 0. The summed E-state index contributed by atoms with van der Waals surface area (Å²) in [5.74, 6) is 0.312. The summed E-state index contributed by atoms with van der Waals surface area (Å²) >= 11 is 0. The minimum Gasteiger partial charge on any atom is -0.400 e. The number of amides is 1. The standard InChI is InChI=1S/C16H26BNO3/c1-14(2)15(3,4)21-17(20-14)12-6-8-16(9-7-12)10-11-18(5)13(16)19/h6H,7-11H2,1-5H3. The van der Waals surface area contributed by atoms with Gasteiger partial charge in [0.2, 0.25) is 5.91 Å². The zero-order chi connectivity index (χ0) is 15.5. The van der Waals surface area contributed by atoms with Crippen LogP contribution in [0.25, 0.3) is 0 Å². The van der Waals surface area contributed by atoms with Gasteiger partial charge >= 0.3 is 7.12 Å². The first-order valence-corrected chi connectivity index (χ1v) is 7.97. The minimum absolute atomic E-state index is 0.151. The van der Waals surface area contributed by atoms with E-state index in [9.17, 15) is 4.79 Å². The van der Waals surface area contributed by atoms with Crippen LogP contribution in [0.15, 0.2) is 11.5 Å². The summed E-state index contributed by atoms with van der Waals surface area (Å²) in [4.78, 5) is 14.2. The summed E-state index contributed by atoms with van der Waals surface area (Å²) in [6.45, 7) is 9.19. The zero-order valence-corrected chi connectivity index (χ0v) is 13.9. The molecule has 3 rings (SSSR count). The molecule has 4 nitrogen and oxygen atoms in total. The van der Waals surface area contributed by atoms with E-state index in [4.69, 9.17) is 9.31 Å². The first-order chi connectivity index (χ1) is 9.67. The van der Waals surface area contributed by atoms with Crippen LogP contribution in [0.2, 0.25) is 0 Å². The van der Waals surface area contributed by atoms with Crippen LogP contribution in [-0.2, 0) is 14.1 Å². The van der Waals surface area contributed by atoms with Crippen molar-refractivity contribution in [3.8, 4) is 0 Å². The number of hydrogen-bond acceptors (Lipinski definition) is 3. The van der Waals surface area contributed by atoms with E-state index in [0.717, 1.165) is 32.2 Å². The van der Waals surface area contributed by atoms with E-state index in [2.05, 4.69) is 33.8 Å². The average Bonchev–Trinajstić information content (AvgIpc) is 2.79. The Hall–Kier alpha value is -0.805. The molecule has 1 spiro atoms. The van der Waals surface area contributed by atoms with Gasteiger partial charge in [-0.2, -0.15) is 0 Å². The van der Waals surface area contributed by atoms with E-state index in [1.54, 1.807) is 0 Å². The number of hydrogen-bond donors (Lipinski definition) is 0. The molecule has 0 bridgehead atoms. The molecule has 2 heterocycles. The van der Waals surface area contributed by atoms with Gasteiger partial charge < -0.3 is 14.2 Å². The van der Waals surface area contributed by atoms with Crippen molar-refractivity contribution in [2.45, 2.75) is 64.6 Å². The van der Waals surface area contributed by atoms with Crippen molar-refractivity contribution in [2.24, 2.45) is 5.41 Å². The first-order valence-electron chi connectivity index (χ1n) is 7.97. The first kappa shape index (κ1) is 15.1. The maximum absolute atomic E-state index is 12.4. The molecule has 3 aliphatic rings. The van der Waals surface area contributed by atoms with Gasteiger partial charge in [0, 0.05) is 13.6 Å². The van der Waals surface area contributed by atoms with Crippen molar-refractivity contribution in [3.05, 3.63) is 11.5 Å². The Labute approximate surface area is 128 Å². The van der Waals surface area contributed by atoms with Crippen LogP contribution in [0.1, 0.15) is 53.4 Å². The number of carbonyl (C=O) groups excluding carboxylic acids is 1. The van der Waals surface area contributed by atoms with Gasteiger partial charge in [0.05, 0.1) is 16.6 Å². The molecule has 1 aliphatic carbocycles. The Morgan fingerprint density at radius 3 is 2.19 bits per heavy atom. The third kappa shape index (κ3) is 2.25. The molecule has 2 fully saturated rings. The van der Waals surface area contributed by atoms with Gasteiger partial charge in [0.15, 0.2) is 0 Å². The molecule has 1 amide bonds. The highest BCUT2D eigenvalue weighted by Gasteiger charge is 2.54. The van der Waals surface area contributed by atoms with Crippen LogP contribution in [0.4, 0.5) is 0 Å². The molecule has 0 aromatic rings. The Morgan fingerprint density at radius 2 is 1.76 bits per heavy atom. The normalized spacial score (nSPS) is 34.7. The topological polar surface area (TPSA) is 38.8 Å². The SMILES string of the molecule is CN1CCC2(CC=C(B3OC(C)(C)C(C)(C)O3)CC2)C1=O. The predicted molar refractivity (Wildman–Crippen MR) is 82.7 cm³/mol. The van der Waals surface area contributed by atoms with Crippen LogP contribution < -0.4 is 0 Å². The molecule has 116 valence electrons. The van der Waals surface area contributed by atoms with E-state index in [1.165, 1.54) is 5.47 Å². The molecule has 5 heteroatoms. The van der Waals surface area contributed by atoms with Gasteiger partial charge in [-0.1, -0.05) is 6.08 Å². The lowest BCUT2D eigenvalue weighted by Crippen LogP contribution is -2.41. The third-order valence-electron chi connectivity index (χ3n) is 5.93. The number of carbonyl (C=O) groups is 1. The maximum atomic E-state index is 12.4. The third-order valence-corrected chi connectivity index (χ3v) is 5.93. The Balaban J connectivity index is 1.74. The number of likely N-dealkylation sites (tertiary alicyclic amines) is 1. The molecule has 0 radical (unpaired) electrons. The molecule has 0 aromatic carbocycles. The maximum Gasteiger partial charge on any atom is 0.490 e. The molecule has 1 atom stereocenters. The summed E-state index contributed by atoms with van der Waals surface area (Å²) in [6.07, 6.45) is 5.83. The highest BCUT2D eigenvalue weighted by molar-refractivity contribution is 6.54. The zero-order valence-electron chi connectivity index (χ0n) is 13.9. The second kappa shape index (κ2) is 4.59. The highest BCUT2D eigenvalue weighted by Crippen LogP contribution is 2.46. The largest absolute Gasteiger partial charge is 0.490 e. The van der Waals surface area contributed by atoms with E-state index >= 15 is 0 Å². The fourth-order valence-electron chi connectivity index (χ4n) is 3.54. The van der Waals surface area contributed by atoms with Crippen molar-refractivity contribution in [1.82, 2.24) is 4.90 Å². The average molecular weight is 291 g/mol. The smallest absolute Gasteiger partial charge is 0.400 e. The lowest BCUT2D eigenvalue weighted by Gasteiger charge is -2.32. The van der Waals surface area contributed by atoms with Crippen molar-refractivity contribution in [1.29, 1.82) is 0 Å². The predicted octanol–water partition coefficient (Wildman–Crippen LogP) is 2.58. The molecule has 2 saturated heterocycles. The number of allylic oxidation sites excluding steroid dienone is 2. The number of rotatable bonds is 1. The van der Waals surface area contributed by atoms with E-state index in [1.807, 2.05) is 11.9 Å². The quantitative estimate of drug-likeness (QED) is 0.697. The van der Waals surface area contributed by atoms with E-state index in [-0.39, 0.29) is 23.7 Å². The van der Waals surface area contributed by atoms with Crippen molar-refractivity contribution in [3.63, 3.8) is 0 Å². The van der Waals surface area contributed by atoms with Gasteiger partial charge in [0.25, 0.3) is 0 Å². The van der Waals surface area contributed by atoms with Gasteiger partial charge in [-0.15, -0.1) is 0 Å². The number of nitrogens with zero attached hydrogens (tertiary/aromatic N) is 1. The summed E-state index contributed by atoms with van der Waals surface area (Å²) < 4.78 is 12.2. The van der Waals surface area contributed by atoms with Crippen LogP contribution in [-0.4, -0.2) is 42.7 Å². The molecule has 0 aromatic heterocycles. The van der Waals surface area contributed by atoms with Gasteiger partial charge in [-0.05, 0) is 58.9 Å². The van der Waals surface area contributed by atoms with Crippen LogP contribution >= 0.6 is 0 Å². The van der Waals surface area contributed by atoms with E-state index in [0.29, 0.717) is 5.91 Å². The lowest BCUT2D eigenvalue weighted by molar-refractivity contribution is -0.135. The van der Waals surface area contributed by atoms with Crippen LogP contribution in [0.3, 0.4) is 0 Å². The van der Waals surface area contributed by atoms with Gasteiger partial charge in [0.1, 0.15) is 0 Å². The summed E-state index contributed by atoms with van der Waals surface area (Å²) in [5, 5.41) is 0. The Morgan fingerprint density at radius 1 is 1.14 bits per heavy atom. The molecule has 21 heavy (non-hydrogen) atoms. The molecular formula is C16H26BNO3. The second-order valence-corrected chi connectivity index (χ2v) is 7.83. The minimum atomic E-state index is -0.295. The molecule has 0 saturated carbocycles. The molecule has 2 aliphatic heterocycles. The Kier molecular flexibility index (Phi) is 3.30. The van der Waals surface area contributed by atoms with Crippen molar-refractivity contribution in [2.75, 3.05) is 13.6 Å². The lowest BCUT2D eigenvalue weighted by atomic mass is 9.65. The van der Waals surface area contributed by atoms with E-state index < -0.39 is 0 Å². The van der Waals surface area contributed by atoms with Gasteiger partial charge in [-0.3, -0.25) is 4.79 Å². The molecule has 1 unspecified atom stereocenters. The van der Waals surface area contributed by atoms with Crippen LogP contribution in [0.5, 0.6) is 0 Å². The monoisotopic (exact) mass is 291 g/mol. The van der Waals surface area contributed by atoms with Crippen molar-refractivity contribution < 1.29 is 14.1 Å². The second-order valence-electron chi connectivity index (χ2n) is 7.83.